The maximum Gasteiger partial charge on any atom is 0.315 e. The smallest absolute Gasteiger partial charge is 0.315 e. The van der Waals surface area contributed by atoms with Crippen molar-refractivity contribution in [2.24, 2.45) is 5.92 Å². The summed E-state index contributed by atoms with van der Waals surface area (Å²) in [6.07, 6.45) is 6.57. The molecule has 0 spiro atoms. The third-order valence-electron chi connectivity index (χ3n) is 5.23. The van der Waals surface area contributed by atoms with Gasteiger partial charge in [0.2, 0.25) is 0 Å². The van der Waals surface area contributed by atoms with Crippen LogP contribution in [0.15, 0.2) is 24.3 Å². The Hall–Kier alpha value is -1.59. The van der Waals surface area contributed by atoms with Gasteiger partial charge in [-0.3, -0.25) is 0 Å². The van der Waals surface area contributed by atoms with E-state index in [1.807, 2.05) is 24.3 Å². The molecule has 0 unspecified atom stereocenters. The highest BCUT2D eigenvalue weighted by atomic mass is 16.3. The Balaban J connectivity index is 1.37. The van der Waals surface area contributed by atoms with Gasteiger partial charge in [0, 0.05) is 32.2 Å². The minimum absolute atomic E-state index is 0.0267. The van der Waals surface area contributed by atoms with Gasteiger partial charge in [-0.15, -0.1) is 0 Å². The second-order valence-electron chi connectivity index (χ2n) is 7.20. The highest BCUT2D eigenvalue weighted by molar-refractivity contribution is 5.74. The maximum atomic E-state index is 12.1. The van der Waals surface area contributed by atoms with E-state index in [0.717, 1.165) is 36.6 Å². The van der Waals surface area contributed by atoms with E-state index in [9.17, 15) is 4.79 Å². The molecule has 1 saturated heterocycles. The van der Waals surface area contributed by atoms with Crippen LogP contribution in [0.4, 0.5) is 4.79 Å². The first kappa shape index (κ1) is 17.2. The van der Waals surface area contributed by atoms with Crippen molar-refractivity contribution in [2.45, 2.75) is 51.3 Å². The molecule has 2 amide bonds. The fourth-order valence-electron chi connectivity index (χ4n) is 3.93. The largest absolute Gasteiger partial charge is 0.392 e. The fourth-order valence-corrected chi connectivity index (χ4v) is 3.93. The van der Waals surface area contributed by atoms with Crippen LogP contribution in [-0.2, 0) is 13.2 Å². The molecule has 5 nitrogen and oxygen atoms in total. The van der Waals surface area contributed by atoms with Crippen molar-refractivity contribution in [3.05, 3.63) is 35.4 Å². The predicted molar refractivity (Wildman–Crippen MR) is 94.5 cm³/mol. The molecule has 0 bridgehead atoms. The van der Waals surface area contributed by atoms with Gasteiger partial charge in [-0.25, -0.2) is 4.79 Å². The van der Waals surface area contributed by atoms with Gasteiger partial charge in [0.25, 0.3) is 0 Å². The predicted octanol–water partition coefficient (Wildman–Crippen LogP) is 2.24. The molecule has 2 aliphatic rings. The Kier molecular flexibility index (Phi) is 6.10. The summed E-state index contributed by atoms with van der Waals surface area (Å²) in [5.41, 5.74) is 1.87. The van der Waals surface area contributed by atoms with Gasteiger partial charge >= 0.3 is 6.03 Å². The van der Waals surface area contributed by atoms with E-state index in [4.69, 9.17) is 5.11 Å². The van der Waals surface area contributed by atoms with Crippen LogP contribution in [0.5, 0.6) is 0 Å². The van der Waals surface area contributed by atoms with Crippen LogP contribution in [0, 0.1) is 5.92 Å². The van der Waals surface area contributed by atoms with Crippen molar-refractivity contribution >= 4 is 6.03 Å². The molecule has 3 rings (SSSR count). The van der Waals surface area contributed by atoms with Crippen molar-refractivity contribution in [1.29, 1.82) is 0 Å². The number of rotatable bonds is 6. The van der Waals surface area contributed by atoms with Crippen molar-refractivity contribution in [1.82, 2.24) is 15.5 Å². The van der Waals surface area contributed by atoms with Gasteiger partial charge in [0.1, 0.15) is 0 Å². The van der Waals surface area contributed by atoms with E-state index in [0.29, 0.717) is 6.54 Å². The molecule has 1 atom stereocenters. The first-order valence-electron chi connectivity index (χ1n) is 9.18. The van der Waals surface area contributed by atoms with Gasteiger partial charge < -0.3 is 20.6 Å². The number of aliphatic hydroxyl groups is 1. The monoisotopic (exact) mass is 331 g/mol. The molecule has 132 valence electrons. The Morgan fingerprint density at radius 1 is 1.21 bits per heavy atom. The van der Waals surface area contributed by atoms with Gasteiger partial charge in [-0.1, -0.05) is 37.1 Å². The quantitative estimate of drug-likeness (QED) is 0.749. The highest BCUT2D eigenvalue weighted by Crippen LogP contribution is 2.26. The number of amides is 2. The summed E-state index contributed by atoms with van der Waals surface area (Å²) in [6.45, 7) is 3.79. The number of carbonyl (C=O) groups is 1. The summed E-state index contributed by atoms with van der Waals surface area (Å²) in [5, 5.41) is 15.2. The van der Waals surface area contributed by atoms with Crippen molar-refractivity contribution < 1.29 is 9.90 Å². The van der Waals surface area contributed by atoms with E-state index >= 15 is 0 Å². The molecule has 3 N–H and O–H groups in total. The summed E-state index contributed by atoms with van der Waals surface area (Å²) in [6, 6.07) is 7.81. The number of hydrogen-bond donors (Lipinski definition) is 3. The zero-order valence-electron chi connectivity index (χ0n) is 14.3. The number of carbonyl (C=O) groups excluding carboxylic acids is 1. The normalized spacial score (nSPS) is 22.0. The molecule has 1 aliphatic carbocycles. The number of hydrogen-bond acceptors (Lipinski definition) is 3. The zero-order valence-corrected chi connectivity index (χ0v) is 14.3. The highest BCUT2D eigenvalue weighted by Gasteiger charge is 2.26. The first-order chi connectivity index (χ1) is 11.7. The molecule has 1 saturated carbocycles. The molecule has 0 radical (unpaired) electrons. The minimum Gasteiger partial charge on any atom is -0.392 e. The van der Waals surface area contributed by atoms with Gasteiger partial charge in [-0.05, 0) is 36.3 Å². The van der Waals surface area contributed by atoms with Crippen LogP contribution in [-0.4, -0.2) is 41.7 Å². The number of aliphatic hydroxyl groups excluding tert-OH is 1. The minimum atomic E-state index is -0.0999. The standard InChI is InChI=1S/C19H29N3O2/c23-14-17-7-3-6-16(10-17)11-20-19(24)21-18-8-9-22(13-18)12-15-4-1-2-5-15/h3,6-7,10,15,18,23H,1-2,4-5,8-9,11-14H2,(H2,20,21,24)/t18-/m1/s1. The Labute approximate surface area is 144 Å². The van der Waals surface area contributed by atoms with Crippen molar-refractivity contribution in [3.8, 4) is 0 Å². The number of benzene rings is 1. The number of nitrogens with one attached hydrogen (secondary N) is 2. The van der Waals surface area contributed by atoms with E-state index in [1.54, 1.807) is 0 Å². The van der Waals surface area contributed by atoms with Crippen LogP contribution in [0.2, 0.25) is 0 Å². The zero-order chi connectivity index (χ0) is 16.8. The third kappa shape index (κ3) is 4.95. The number of likely N-dealkylation sites (tertiary alicyclic amines) is 1. The van der Waals surface area contributed by atoms with E-state index in [2.05, 4.69) is 15.5 Å². The Morgan fingerprint density at radius 2 is 2.00 bits per heavy atom. The van der Waals surface area contributed by atoms with E-state index in [-0.39, 0.29) is 18.7 Å². The lowest BCUT2D eigenvalue weighted by molar-refractivity contribution is 0.234. The Bertz CT molecular complexity index is 543. The Morgan fingerprint density at radius 3 is 2.79 bits per heavy atom. The summed E-state index contributed by atoms with van der Waals surface area (Å²) in [4.78, 5) is 14.6. The molecule has 2 fully saturated rings. The molecule has 1 aliphatic heterocycles. The van der Waals surface area contributed by atoms with Crippen LogP contribution in [0.3, 0.4) is 0 Å². The molecular formula is C19H29N3O2. The summed E-state index contributed by atoms with van der Waals surface area (Å²) in [5.74, 6) is 0.872. The number of urea groups is 1. The molecule has 0 aromatic heterocycles. The van der Waals surface area contributed by atoms with Gasteiger partial charge in [0.05, 0.1) is 6.61 Å². The lowest BCUT2D eigenvalue weighted by atomic mass is 10.1. The summed E-state index contributed by atoms with van der Waals surface area (Å²) < 4.78 is 0. The van der Waals surface area contributed by atoms with Gasteiger partial charge in [-0.2, -0.15) is 0 Å². The lowest BCUT2D eigenvalue weighted by Gasteiger charge is -2.20. The SMILES string of the molecule is O=C(NCc1cccc(CO)c1)N[C@@H]1CCN(CC2CCCC2)C1. The van der Waals surface area contributed by atoms with Crippen LogP contribution in [0.25, 0.3) is 0 Å². The van der Waals surface area contributed by atoms with Crippen LogP contribution in [0.1, 0.15) is 43.2 Å². The van der Waals surface area contributed by atoms with Crippen LogP contribution >= 0.6 is 0 Å². The second kappa shape index (κ2) is 8.49. The van der Waals surface area contributed by atoms with Crippen molar-refractivity contribution in [3.63, 3.8) is 0 Å². The molecule has 1 aromatic carbocycles. The molecule has 5 heteroatoms. The average molecular weight is 331 g/mol. The summed E-state index contributed by atoms with van der Waals surface area (Å²) >= 11 is 0. The molecule has 24 heavy (non-hydrogen) atoms. The fraction of sp³-hybridized carbons (Fsp3) is 0.632. The molecule has 1 aromatic rings. The first-order valence-corrected chi connectivity index (χ1v) is 9.18. The molecule has 1 heterocycles. The van der Waals surface area contributed by atoms with Gasteiger partial charge in [0.15, 0.2) is 0 Å². The lowest BCUT2D eigenvalue weighted by Crippen LogP contribution is -2.43. The van der Waals surface area contributed by atoms with Crippen LogP contribution < -0.4 is 10.6 Å². The molecular weight excluding hydrogens is 302 g/mol. The third-order valence-corrected chi connectivity index (χ3v) is 5.23. The summed E-state index contributed by atoms with van der Waals surface area (Å²) in [7, 11) is 0. The average Bonchev–Trinajstić information content (AvgIpc) is 3.26. The topological polar surface area (TPSA) is 64.6 Å². The second-order valence-corrected chi connectivity index (χ2v) is 7.20. The van der Waals surface area contributed by atoms with Crippen molar-refractivity contribution in [2.75, 3.05) is 19.6 Å². The number of nitrogens with zero attached hydrogens (tertiary/aromatic N) is 1. The van der Waals surface area contributed by atoms with E-state index in [1.165, 1.54) is 32.2 Å². The maximum absolute atomic E-state index is 12.1. The van der Waals surface area contributed by atoms with E-state index < -0.39 is 0 Å².